The fourth-order valence-corrected chi connectivity index (χ4v) is 3.56. The molecule has 140 valence electrons. The minimum atomic E-state index is -0.916. The number of amides is 2. The van der Waals surface area contributed by atoms with E-state index in [0.29, 0.717) is 26.0 Å². The van der Waals surface area contributed by atoms with E-state index in [1.807, 2.05) is 25.7 Å². The quantitative estimate of drug-likeness (QED) is 0.750. The van der Waals surface area contributed by atoms with Gasteiger partial charge in [-0.2, -0.15) is 0 Å². The number of nitrogens with two attached hydrogens (primary N) is 1. The van der Waals surface area contributed by atoms with Gasteiger partial charge in [0, 0.05) is 44.5 Å². The summed E-state index contributed by atoms with van der Waals surface area (Å²) in [6, 6.07) is 0. The highest BCUT2D eigenvalue weighted by atomic mass is 35.5. The third-order valence-corrected chi connectivity index (χ3v) is 5.57. The molecule has 0 aromatic rings. The normalized spacial score (nSPS) is 28.5. The van der Waals surface area contributed by atoms with Crippen LogP contribution in [0.25, 0.3) is 0 Å². The monoisotopic (exact) mass is 361 g/mol. The first-order valence-electron chi connectivity index (χ1n) is 8.79. The summed E-state index contributed by atoms with van der Waals surface area (Å²) in [5, 5.41) is 2.85. The molecule has 3 N–H and O–H groups in total. The first kappa shape index (κ1) is 21.2. The van der Waals surface area contributed by atoms with E-state index in [1.54, 1.807) is 0 Å². The number of hydrogen-bond donors (Lipinski definition) is 2. The maximum Gasteiger partial charge on any atom is 0.240 e. The van der Waals surface area contributed by atoms with Crippen LogP contribution >= 0.6 is 12.4 Å². The van der Waals surface area contributed by atoms with Gasteiger partial charge in [-0.25, -0.2) is 0 Å². The van der Waals surface area contributed by atoms with Crippen LogP contribution in [0.1, 0.15) is 52.9 Å². The van der Waals surface area contributed by atoms with Crippen molar-refractivity contribution < 1.29 is 14.3 Å². The molecular formula is C17H32ClN3O3. The van der Waals surface area contributed by atoms with Crippen LogP contribution < -0.4 is 11.1 Å². The van der Waals surface area contributed by atoms with E-state index in [-0.39, 0.29) is 30.3 Å². The second-order valence-corrected chi connectivity index (χ2v) is 7.29. The van der Waals surface area contributed by atoms with Gasteiger partial charge in [-0.1, -0.05) is 13.8 Å². The van der Waals surface area contributed by atoms with Crippen molar-refractivity contribution >= 4 is 24.2 Å². The predicted molar refractivity (Wildman–Crippen MR) is 96.0 cm³/mol. The molecule has 0 radical (unpaired) electrons. The number of ether oxygens (including phenoxy) is 1. The Hall–Kier alpha value is -0.850. The van der Waals surface area contributed by atoms with Crippen LogP contribution in [0.3, 0.4) is 0 Å². The standard InChI is InChI=1S/C17H31N3O3.ClH/c1-4-23-13-12-17(18,16(13,2)3)15(22)19-9-8-14(21)20-10-6-5-7-11-20;/h13H,4-12,18H2,1-3H3,(H,19,22);1H. The second kappa shape index (κ2) is 8.50. The van der Waals surface area contributed by atoms with E-state index in [2.05, 4.69) is 5.32 Å². The van der Waals surface area contributed by atoms with Crippen LogP contribution in [0.15, 0.2) is 0 Å². The Morgan fingerprint density at radius 1 is 1.25 bits per heavy atom. The number of carbonyl (C=O) groups is 2. The van der Waals surface area contributed by atoms with E-state index in [1.165, 1.54) is 6.42 Å². The van der Waals surface area contributed by atoms with Crippen LogP contribution in [-0.2, 0) is 14.3 Å². The minimum Gasteiger partial charge on any atom is -0.378 e. The molecule has 1 saturated carbocycles. The van der Waals surface area contributed by atoms with Crippen LogP contribution in [0, 0.1) is 5.41 Å². The summed E-state index contributed by atoms with van der Waals surface area (Å²) in [4.78, 5) is 26.4. The average molecular weight is 362 g/mol. The van der Waals surface area contributed by atoms with E-state index in [9.17, 15) is 9.59 Å². The predicted octanol–water partition coefficient (Wildman–Crippen LogP) is 1.46. The van der Waals surface area contributed by atoms with Crippen molar-refractivity contribution in [3.05, 3.63) is 0 Å². The number of nitrogens with zero attached hydrogens (tertiary/aromatic N) is 1. The van der Waals surface area contributed by atoms with Crippen molar-refractivity contribution in [3.8, 4) is 0 Å². The summed E-state index contributed by atoms with van der Waals surface area (Å²) in [5.74, 6) is -0.0546. The Balaban J connectivity index is 0.00000288. The van der Waals surface area contributed by atoms with E-state index in [4.69, 9.17) is 10.5 Å². The minimum absolute atomic E-state index is 0. The number of piperidine rings is 1. The fraction of sp³-hybridized carbons (Fsp3) is 0.882. The van der Waals surface area contributed by atoms with E-state index < -0.39 is 11.0 Å². The van der Waals surface area contributed by atoms with E-state index in [0.717, 1.165) is 25.9 Å². The molecule has 2 amide bonds. The lowest BCUT2D eigenvalue weighted by molar-refractivity contribution is -0.170. The molecule has 2 unspecified atom stereocenters. The Kier molecular flexibility index (Phi) is 7.50. The lowest BCUT2D eigenvalue weighted by atomic mass is 9.54. The molecule has 1 saturated heterocycles. The molecule has 0 aromatic heterocycles. The third-order valence-electron chi connectivity index (χ3n) is 5.57. The second-order valence-electron chi connectivity index (χ2n) is 7.29. The molecule has 0 aromatic carbocycles. The van der Waals surface area contributed by atoms with Crippen molar-refractivity contribution in [2.45, 2.75) is 64.5 Å². The molecule has 7 heteroatoms. The Morgan fingerprint density at radius 3 is 2.42 bits per heavy atom. The number of carbonyl (C=O) groups excluding carboxylic acids is 2. The highest BCUT2D eigenvalue weighted by Gasteiger charge is 2.62. The summed E-state index contributed by atoms with van der Waals surface area (Å²) in [5.41, 5.74) is 5.00. The zero-order valence-electron chi connectivity index (χ0n) is 15.1. The maximum absolute atomic E-state index is 12.5. The van der Waals surface area contributed by atoms with Gasteiger partial charge in [-0.05, 0) is 26.2 Å². The summed E-state index contributed by atoms with van der Waals surface area (Å²) < 4.78 is 5.64. The summed E-state index contributed by atoms with van der Waals surface area (Å²) in [6.07, 6.45) is 4.25. The van der Waals surface area contributed by atoms with Crippen LogP contribution in [-0.4, -0.2) is 54.6 Å². The van der Waals surface area contributed by atoms with Crippen molar-refractivity contribution in [2.24, 2.45) is 11.1 Å². The molecule has 1 heterocycles. The molecule has 2 atom stereocenters. The van der Waals surface area contributed by atoms with Gasteiger partial charge in [0.25, 0.3) is 0 Å². The van der Waals surface area contributed by atoms with Crippen LogP contribution in [0.2, 0.25) is 0 Å². The van der Waals surface area contributed by atoms with Gasteiger partial charge in [0.2, 0.25) is 11.8 Å². The molecule has 1 aliphatic carbocycles. The zero-order valence-corrected chi connectivity index (χ0v) is 15.9. The van der Waals surface area contributed by atoms with Crippen molar-refractivity contribution in [2.75, 3.05) is 26.2 Å². The molecule has 6 nitrogen and oxygen atoms in total. The van der Waals surface area contributed by atoms with Gasteiger partial charge in [0.15, 0.2) is 0 Å². The highest BCUT2D eigenvalue weighted by Crippen LogP contribution is 2.49. The molecule has 0 spiro atoms. The molecule has 2 rings (SSSR count). The van der Waals surface area contributed by atoms with Crippen LogP contribution in [0.4, 0.5) is 0 Å². The van der Waals surface area contributed by atoms with Crippen LogP contribution in [0.5, 0.6) is 0 Å². The molecule has 0 bridgehead atoms. The van der Waals surface area contributed by atoms with Crippen molar-refractivity contribution in [1.29, 1.82) is 0 Å². The summed E-state index contributed by atoms with van der Waals surface area (Å²) in [6.45, 7) is 8.54. The van der Waals surface area contributed by atoms with Gasteiger partial charge in [-0.3, -0.25) is 9.59 Å². The van der Waals surface area contributed by atoms with Gasteiger partial charge < -0.3 is 20.7 Å². The molecule has 2 aliphatic rings. The van der Waals surface area contributed by atoms with Gasteiger partial charge >= 0.3 is 0 Å². The number of hydrogen-bond acceptors (Lipinski definition) is 4. The highest BCUT2D eigenvalue weighted by molar-refractivity contribution is 5.89. The molecular weight excluding hydrogens is 330 g/mol. The Labute approximate surface area is 151 Å². The number of rotatable bonds is 6. The topological polar surface area (TPSA) is 84.7 Å². The zero-order chi connectivity index (χ0) is 17.1. The Morgan fingerprint density at radius 2 is 1.88 bits per heavy atom. The largest absolute Gasteiger partial charge is 0.378 e. The van der Waals surface area contributed by atoms with Crippen molar-refractivity contribution in [3.63, 3.8) is 0 Å². The van der Waals surface area contributed by atoms with Crippen molar-refractivity contribution in [1.82, 2.24) is 10.2 Å². The SMILES string of the molecule is CCOC1CC(N)(C(=O)NCCC(=O)N2CCCCC2)C1(C)C.Cl. The number of nitrogens with one attached hydrogen (secondary N) is 1. The van der Waals surface area contributed by atoms with Gasteiger partial charge in [0.05, 0.1) is 6.10 Å². The third kappa shape index (κ3) is 4.03. The fourth-order valence-electron chi connectivity index (χ4n) is 3.56. The lowest BCUT2D eigenvalue weighted by Gasteiger charge is -2.57. The number of halogens is 1. The lowest BCUT2D eigenvalue weighted by Crippen LogP contribution is -2.75. The smallest absolute Gasteiger partial charge is 0.240 e. The average Bonchev–Trinajstić information content (AvgIpc) is 2.55. The first-order chi connectivity index (χ1) is 10.8. The molecule has 1 aliphatic heterocycles. The first-order valence-corrected chi connectivity index (χ1v) is 8.79. The van der Waals surface area contributed by atoms with Gasteiger partial charge in [0.1, 0.15) is 5.54 Å². The maximum atomic E-state index is 12.5. The molecule has 24 heavy (non-hydrogen) atoms. The molecule has 2 fully saturated rings. The summed E-state index contributed by atoms with van der Waals surface area (Å²) >= 11 is 0. The van der Waals surface area contributed by atoms with E-state index >= 15 is 0 Å². The number of likely N-dealkylation sites (tertiary alicyclic amines) is 1. The Bertz CT molecular complexity index is 452. The van der Waals surface area contributed by atoms with Gasteiger partial charge in [-0.15, -0.1) is 12.4 Å². The summed E-state index contributed by atoms with van der Waals surface area (Å²) in [7, 11) is 0.